The fraction of sp³-hybridized carbons (Fsp3) is 0.261. The van der Waals surface area contributed by atoms with E-state index in [1.165, 1.54) is 13.2 Å². The quantitative estimate of drug-likeness (QED) is 0.448. The van der Waals surface area contributed by atoms with Crippen molar-refractivity contribution in [1.82, 2.24) is 24.8 Å². The van der Waals surface area contributed by atoms with Gasteiger partial charge in [0.1, 0.15) is 11.6 Å². The minimum Gasteiger partial charge on any atom is -0.465 e. The molecule has 9 nitrogen and oxygen atoms in total. The Kier molecular flexibility index (Phi) is 5.83. The Hall–Kier alpha value is -3.85. The van der Waals surface area contributed by atoms with Crippen LogP contribution in [0.25, 0.3) is 21.8 Å². The van der Waals surface area contributed by atoms with E-state index in [4.69, 9.17) is 4.74 Å². The first-order chi connectivity index (χ1) is 15.4. The normalized spacial score (nSPS) is 11.5. The minimum absolute atomic E-state index is 0.0779. The van der Waals surface area contributed by atoms with Crippen molar-refractivity contribution >= 4 is 27.8 Å². The first-order valence-corrected chi connectivity index (χ1v) is 10.2. The zero-order chi connectivity index (χ0) is 22.8. The molecular formula is C23H23N5O4. The van der Waals surface area contributed by atoms with Gasteiger partial charge in [0.2, 0.25) is 0 Å². The highest BCUT2D eigenvalue weighted by Crippen LogP contribution is 2.14. The fourth-order valence-corrected chi connectivity index (χ4v) is 3.52. The van der Waals surface area contributed by atoms with Gasteiger partial charge in [0.25, 0.3) is 11.1 Å². The molecule has 164 valence electrons. The molecule has 9 heteroatoms. The van der Waals surface area contributed by atoms with E-state index < -0.39 is 5.97 Å². The average Bonchev–Trinajstić information content (AvgIpc) is 2.77. The van der Waals surface area contributed by atoms with E-state index in [1.54, 1.807) is 30.3 Å². The number of aromatic nitrogens is 4. The van der Waals surface area contributed by atoms with E-state index in [0.717, 1.165) is 0 Å². The molecule has 0 aliphatic carbocycles. The Bertz CT molecular complexity index is 1420. The molecule has 0 saturated heterocycles. The van der Waals surface area contributed by atoms with Crippen LogP contribution in [0.1, 0.15) is 35.9 Å². The number of H-pyrrole nitrogens is 2. The summed E-state index contributed by atoms with van der Waals surface area (Å²) in [6.07, 6.45) is 0. The van der Waals surface area contributed by atoms with Crippen LogP contribution in [0, 0.1) is 0 Å². The molecule has 0 saturated carbocycles. The van der Waals surface area contributed by atoms with Crippen LogP contribution < -0.4 is 11.1 Å². The van der Waals surface area contributed by atoms with Gasteiger partial charge in [-0.05, 0) is 44.2 Å². The topological polar surface area (TPSA) is 121 Å². The Balaban J connectivity index is 1.66. The number of nitrogens with one attached hydrogen (secondary N) is 2. The lowest BCUT2D eigenvalue weighted by molar-refractivity contribution is 0.0601. The summed E-state index contributed by atoms with van der Waals surface area (Å²) in [5.41, 5.74) is 0.877. The first kappa shape index (κ1) is 21.4. The highest BCUT2D eigenvalue weighted by atomic mass is 16.5. The number of hydrogen-bond donors (Lipinski definition) is 2. The molecule has 0 unspecified atom stereocenters. The number of ether oxygens (including phenoxy) is 1. The molecule has 4 aromatic rings. The average molecular weight is 433 g/mol. The smallest absolute Gasteiger partial charge is 0.337 e. The summed E-state index contributed by atoms with van der Waals surface area (Å²) >= 11 is 0. The zero-order valence-corrected chi connectivity index (χ0v) is 18.0. The van der Waals surface area contributed by atoms with Crippen LogP contribution in [0.4, 0.5) is 0 Å². The number of esters is 1. The summed E-state index contributed by atoms with van der Waals surface area (Å²) in [6.45, 7) is 4.70. The van der Waals surface area contributed by atoms with Crippen molar-refractivity contribution in [2.45, 2.75) is 33.0 Å². The number of carbonyl (C=O) groups excluding carboxylic acids is 1. The lowest BCUT2D eigenvalue weighted by atomic mass is 10.1. The molecule has 2 aromatic carbocycles. The highest BCUT2D eigenvalue weighted by molar-refractivity contribution is 5.93. The molecular weight excluding hydrogens is 410 g/mol. The summed E-state index contributed by atoms with van der Waals surface area (Å²) in [6, 6.07) is 11.9. The van der Waals surface area contributed by atoms with Crippen LogP contribution in [0.3, 0.4) is 0 Å². The SMILES string of the molecule is COC(=O)c1ccc2c(=O)[nH]c(CN(Cc3nc4ccccc4c(=O)[nH]3)C(C)C)nc2c1. The number of hydrogen-bond acceptors (Lipinski definition) is 7. The highest BCUT2D eigenvalue weighted by Gasteiger charge is 2.16. The van der Waals surface area contributed by atoms with Gasteiger partial charge in [-0.25, -0.2) is 14.8 Å². The molecule has 32 heavy (non-hydrogen) atoms. The van der Waals surface area contributed by atoms with Gasteiger partial charge in [-0.1, -0.05) is 12.1 Å². The van der Waals surface area contributed by atoms with Gasteiger partial charge in [-0.3, -0.25) is 14.5 Å². The summed E-state index contributed by atoms with van der Waals surface area (Å²) < 4.78 is 4.75. The molecule has 0 aliphatic rings. The van der Waals surface area contributed by atoms with Gasteiger partial charge in [0, 0.05) is 6.04 Å². The molecule has 0 aliphatic heterocycles. The second-order valence-corrected chi connectivity index (χ2v) is 7.76. The molecule has 0 radical (unpaired) electrons. The number of para-hydroxylation sites is 1. The van der Waals surface area contributed by atoms with E-state index in [0.29, 0.717) is 52.1 Å². The van der Waals surface area contributed by atoms with Crippen LogP contribution in [0.5, 0.6) is 0 Å². The zero-order valence-electron chi connectivity index (χ0n) is 18.0. The van der Waals surface area contributed by atoms with Crippen molar-refractivity contribution in [2.24, 2.45) is 0 Å². The molecule has 0 bridgehead atoms. The van der Waals surface area contributed by atoms with Crippen molar-refractivity contribution in [1.29, 1.82) is 0 Å². The summed E-state index contributed by atoms with van der Waals surface area (Å²) in [5, 5.41) is 0.923. The van der Waals surface area contributed by atoms with Crippen LogP contribution in [-0.2, 0) is 17.8 Å². The molecule has 4 rings (SSSR count). The van der Waals surface area contributed by atoms with E-state index in [1.807, 2.05) is 24.8 Å². The number of benzene rings is 2. The summed E-state index contributed by atoms with van der Waals surface area (Å²) in [4.78, 5) is 53.6. The van der Waals surface area contributed by atoms with Gasteiger partial charge in [-0.15, -0.1) is 0 Å². The molecule has 0 spiro atoms. The molecule has 0 atom stereocenters. The van der Waals surface area contributed by atoms with Gasteiger partial charge in [-0.2, -0.15) is 0 Å². The van der Waals surface area contributed by atoms with Crippen molar-refractivity contribution < 1.29 is 9.53 Å². The number of rotatable bonds is 6. The second kappa shape index (κ2) is 8.72. The summed E-state index contributed by atoms with van der Waals surface area (Å²) in [7, 11) is 1.30. The first-order valence-electron chi connectivity index (χ1n) is 10.2. The van der Waals surface area contributed by atoms with E-state index in [-0.39, 0.29) is 17.2 Å². The molecule has 0 fully saturated rings. The maximum atomic E-state index is 12.6. The van der Waals surface area contributed by atoms with E-state index in [2.05, 4.69) is 19.9 Å². The molecule has 2 aromatic heterocycles. The van der Waals surface area contributed by atoms with E-state index >= 15 is 0 Å². The number of aromatic amines is 2. The Morgan fingerprint density at radius 3 is 2.16 bits per heavy atom. The van der Waals surface area contributed by atoms with Crippen LogP contribution in [0.2, 0.25) is 0 Å². The largest absolute Gasteiger partial charge is 0.465 e. The van der Waals surface area contributed by atoms with Gasteiger partial charge >= 0.3 is 5.97 Å². The predicted molar refractivity (Wildman–Crippen MR) is 120 cm³/mol. The van der Waals surface area contributed by atoms with Crippen molar-refractivity contribution in [3.8, 4) is 0 Å². The number of carbonyl (C=O) groups is 1. The maximum absolute atomic E-state index is 12.6. The van der Waals surface area contributed by atoms with E-state index in [9.17, 15) is 14.4 Å². The Labute approximate surface area is 183 Å². The Morgan fingerprint density at radius 1 is 0.938 bits per heavy atom. The third-order valence-electron chi connectivity index (χ3n) is 5.27. The van der Waals surface area contributed by atoms with Crippen LogP contribution >= 0.6 is 0 Å². The lowest BCUT2D eigenvalue weighted by Crippen LogP contribution is -2.33. The molecule has 0 amide bonds. The monoisotopic (exact) mass is 433 g/mol. The fourth-order valence-electron chi connectivity index (χ4n) is 3.52. The predicted octanol–water partition coefficient (Wildman–Crippen LogP) is 2.36. The third-order valence-corrected chi connectivity index (χ3v) is 5.27. The maximum Gasteiger partial charge on any atom is 0.337 e. The molecule has 2 heterocycles. The summed E-state index contributed by atoms with van der Waals surface area (Å²) in [5.74, 6) is 0.477. The minimum atomic E-state index is -0.495. The van der Waals surface area contributed by atoms with Gasteiger partial charge < -0.3 is 14.7 Å². The standard InChI is InChI=1S/C23H23N5O4/c1-13(2)28(11-19-24-17-7-5-4-6-15(17)21(29)26-19)12-20-25-18-10-14(23(31)32-3)8-9-16(18)22(30)27-20/h4-10,13H,11-12H2,1-3H3,(H,24,26,29)(H,25,27,30). The number of methoxy groups -OCH3 is 1. The molecule has 2 N–H and O–H groups in total. The van der Waals surface area contributed by atoms with Gasteiger partial charge in [0.15, 0.2) is 0 Å². The Morgan fingerprint density at radius 2 is 1.53 bits per heavy atom. The number of fused-ring (bicyclic) bond motifs is 2. The lowest BCUT2D eigenvalue weighted by Gasteiger charge is -2.25. The van der Waals surface area contributed by atoms with Crippen molar-refractivity contribution in [3.05, 3.63) is 80.4 Å². The van der Waals surface area contributed by atoms with Gasteiger partial charge in [0.05, 0.1) is 47.6 Å². The third kappa shape index (κ3) is 4.28. The second-order valence-electron chi connectivity index (χ2n) is 7.76. The van der Waals surface area contributed by atoms with Crippen molar-refractivity contribution in [2.75, 3.05) is 7.11 Å². The number of nitrogens with zero attached hydrogens (tertiary/aromatic N) is 3. The van der Waals surface area contributed by atoms with Crippen molar-refractivity contribution in [3.63, 3.8) is 0 Å². The van der Waals surface area contributed by atoms with Crippen LogP contribution in [-0.4, -0.2) is 44.0 Å². The van der Waals surface area contributed by atoms with Crippen LogP contribution in [0.15, 0.2) is 52.1 Å².